The molecule has 1 aliphatic carbocycles. The molecule has 6 heteroatoms. The van der Waals surface area contributed by atoms with E-state index in [9.17, 15) is 9.59 Å². The van der Waals surface area contributed by atoms with Crippen molar-refractivity contribution in [2.24, 2.45) is 0 Å². The van der Waals surface area contributed by atoms with Crippen molar-refractivity contribution in [3.63, 3.8) is 0 Å². The lowest BCUT2D eigenvalue weighted by atomic mass is 9.93. The maximum absolute atomic E-state index is 13.3. The van der Waals surface area contributed by atoms with Crippen molar-refractivity contribution in [1.82, 2.24) is 9.80 Å². The maximum Gasteiger partial charge on any atom is 0.289 e. The summed E-state index contributed by atoms with van der Waals surface area (Å²) in [6.45, 7) is 3.02. The van der Waals surface area contributed by atoms with Crippen LogP contribution in [0.25, 0.3) is 0 Å². The molecule has 1 aromatic carbocycles. The number of hydrogen-bond donors (Lipinski definition) is 0. The Morgan fingerprint density at radius 3 is 2.31 bits per heavy atom. The maximum atomic E-state index is 13.3. The van der Waals surface area contributed by atoms with Crippen molar-refractivity contribution in [1.29, 1.82) is 0 Å². The van der Waals surface area contributed by atoms with Crippen LogP contribution in [0.4, 0.5) is 5.69 Å². The highest BCUT2D eigenvalue weighted by molar-refractivity contribution is 5.95. The summed E-state index contributed by atoms with van der Waals surface area (Å²) in [4.78, 5) is 31.7. The predicted molar refractivity (Wildman–Crippen MR) is 112 cm³/mol. The average molecular weight is 396 g/mol. The topological polar surface area (TPSA) is 57.0 Å². The van der Waals surface area contributed by atoms with E-state index in [1.807, 2.05) is 35.2 Å². The molecule has 0 unspecified atom stereocenters. The van der Waals surface area contributed by atoms with Crippen molar-refractivity contribution in [3.8, 4) is 0 Å². The Labute approximate surface area is 172 Å². The molecule has 1 saturated heterocycles. The smallest absolute Gasteiger partial charge is 0.289 e. The zero-order valence-corrected chi connectivity index (χ0v) is 16.8. The zero-order valence-electron chi connectivity index (χ0n) is 16.8. The van der Waals surface area contributed by atoms with Gasteiger partial charge in [-0.1, -0.05) is 37.5 Å². The third-order valence-electron chi connectivity index (χ3n) is 5.99. The van der Waals surface area contributed by atoms with Crippen LogP contribution in [0.3, 0.4) is 0 Å². The first-order chi connectivity index (χ1) is 14.2. The van der Waals surface area contributed by atoms with Crippen molar-refractivity contribution < 1.29 is 14.0 Å². The fourth-order valence-corrected chi connectivity index (χ4v) is 4.42. The minimum Gasteiger partial charge on any atom is -0.459 e. The van der Waals surface area contributed by atoms with Crippen LogP contribution in [0.5, 0.6) is 0 Å². The molecule has 154 valence electrons. The third kappa shape index (κ3) is 4.70. The molecule has 2 amide bonds. The molecule has 2 fully saturated rings. The molecule has 1 aliphatic heterocycles. The normalized spacial score (nSPS) is 18.6. The monoisotopic (exact) mass is 395 g/mol. The van der Waals surface area contributed by atoms with Crippen LogP contribution in [-0.4, -0.2) is 60.4 Å². The summed E-state index contributed by atoms with van der Waals surface area (Å²) in [7, 11) is 0. The van der Waals surface area contributed by atoms with E-state index < -0.39 is 0 Å². The SMILES string of the molecule is O=C(c1ccco1)N1CCN(CC(=O)N(c2ccccc2)C2CCCCC2)CC1. The Balaban J connectivity index is 1.37. The number of amides is 2. The summed E-state index contributed by atoms with van der Waals surface area (Å²) in [6.07, 6.45) is 7.31. The number of rotatable bonds is 5. The van der Waals surface area contributed by atoms with Crippen LogP contribution in [0.1, 0.15) is 42.7 Å². The lowest BCUT2D eigenvalue weighted by molar-refractivity contribution is -0.120. The van der Waals surface area contributed by atoms with E-state index in [0.717, 1.165) is 18.5 Å². The zero-order chi connectivity index (χ0) is 20.1. The lowest BCUT2D eigenvalue weighted by Crippen LogP contribution is -2.53. The summed E-state index contributed by atoms with van der Waals surface area (Å²) in [5.41, 5.74) is 0.996. The van der Waals surface area contributed by atoms with Gasteiger partial charge in [0.25, 0.3) is 5.91 Å². The van der Waals surface area contributed by atoms with Crippen LogP contribution in [-0.2, 0) is 4.79 Å². The van der Waals surface area contributed by atoms with Crippen molar-refractivity contribution in [2.75, 3.05) is 37.6 Å². The van der Waals surface area contributed by atoms with E-state index in [4.69, 9.17) is 4.42 Å². The number of nitrogens with zero attached hydrogens (tertiary/aromatic N) is 3. The highest BCUT2D eigenvalue weighted by Crippen LogP contribution is 2.27. The Hall–Kier alpha value is -2.60. The van der Waals surface area contributed by atoms with Gasteiger partial charge in [0.15, 0.2) is 5.76 Å². The van der Waals surface area contributed by atoms with E-state index in [1.54, 1.807) is 17.0 Å². The molecule has 0 spiro atoms. The Kier molecular flexibility index (Phi) is 6.30. The van der Waals surface area contributed by atoms with Gasteiger partial charge < -0.3 is 14.2 Å². The Bertz CT molecular complexity index is 792. The van der Waals surface area contributed by atoms with Gasteiger partial charge in [-0.05, 0) is 37.1 Å². The molecule has 2 aliphatic rings. The number of anilines is 1. The molecule has 2 aromatic rings. The lowest BCUT2D eigenvalue weighted by Gasteiger charge is -2.38. The van der Waals surface area contributed by atoms with Crippen molar-refractivity contribution in [2.45, 2.75) is 38.1 Å². The average Bonchev–Trinajstić information content (AvgIpc) is 3.30. The molecule has 1 saturated carbocycles. The molecule has 2 heterocycles. The highest BCUT2D eigenvalue weighted by Gasteiger charge is 2.30. The second-order valence-corrected chi connectivity index (χ2v) is 7.94. The van der Waals surface area contributed by atoms with Gasteiger partial charge in [0.05, 0.1) is 12.8 Å². The van der Waals surface area contributed by atoms with Gasteiger partial charge in [-0.15, -0.1) is 0 Å². The Morgan fingerprint density at radius 1 is 0.931 bits per heavy atom. The second-order valence-electron chi connectivity index (χ2n) is 7.94. The minimum atomic E-state index is -0.0749. The second kappa shape index (κ2) is 9.27. The van der Waals surface area contributed by atoms with Gasteiger partial charge in [-0.2, -0.15) is 0 Å². The highest BCUT2D eigenvalue weighted by atomic mass is 16.3. The van der Waals surface area contributed by atoms with E-state index in [-0.39, 0.29) is 11.8 Å². The van der Waals surface area contributed by atoms with Crippen molar-refractivity contribution in [3.05, 3.63) is 54.5 Å². The summed E-state index contributed by atoms with van der Waals surface area (Å²) in [5, 5.41) is 0. The van der Waals surface area contributed by atoms with Gasteiger partial charge in [0.1, 0.15) is 0 Å². The first kappa shape index (κ1) is 19.7. The van der Waals surface area contributed by atoms with Gasteiger partial charge in [0.2, 0.25) is 5.91 Å². The van der Waals surface area contributed by atoms with Crippen LogP contribution in [0.15, 0.2) is 53.1 Å². The molecule has 6 nitrogen and oxygen atoms in total. The number of hydrogen-bond acceptors (Lipinski definition) is 4. The molecule has 0 radical (unpaired) electrons. The van der Waals surface area contributed by atoms with Crippen LogP contribution < -0.4 is 4.90 Å². The summed E-state index contributed by atoms with van der Waals surface area (Å²) >= 11 is 0. The molecule has 0 bridgehead atoms. The van der Waals surface area contributed by atoms with Gasteiger partial charge in [-0.3, -0.25) is 14.5 Å². The van der Waals surface area contributed by atoms with Gasteiger partial charge in [0, 0.05) is 37.9 Å². The van der Waals surface area contributed by atoms with E-state index in [2.05, 4.69) is 4.90 Å². The molecular weight excluding hydrogens is 366 g/mol. The molecule has 4 rings (SSSR count). The third-order valence-corrected chi connectivity index (χ3v) is 5.99. The summed E-state index contributed by atoms with van der Waals surface area (Å²) in [5.74, 6) is 0.463. The fraction of sp³-hybridized carbons (Fsp3) is 0.478. The molecule has 29 heavy (non-hydrogen) atoms. The van der Waals surface area contributed by atoms with Crippen LogP contribution >= 0.6 is 0 Å². The molecule has 0 N–H and O–H groups in total. The summed E-state index contributed by atoms with van der Waals surface area (Å²) in [6, 6.07) is 13.8. The fourth-order valence-electron chi connectivity index (χ4n) is 4.42. The molecular formula is C23H29N3O3. The van der Waals surface area contributed by atoms with E-state index >= 15 is 0 Å². The Morgan fingerprint density at radius 2 is 1.66 bits per heavy atom. The summed E-state index contributed by atoms with van der Waals surface area (Å²) < 4.78 is 5.22. The van der Waals surface area contributed by atoms with Gasteiger partial charge >= 0.3 is 0 Å². The van der Waals surface area contributed by atoms with Crippen LogP contribution in [0.2, 0.25) is 0 Å². The first-order valence-corrected chi connectivity index (χ1v) is 10.6. The van der Waals surface area contributed by atoms with Crippen LogP contribution in [0, 0.1) is 0 Å². The molecule has 0 atom stereocenters. The predicted octanol–water partition coefficient (Wildman–Crippen LogP) is 3.40. The molecule has 1 aromatic heterocycles. The standard InChI is InChI=1S/C23H29N3O3/c27-22(26(19-8-3-1-4-9-19)20-10-5-2-6-11-20)18-24-13-15-25(16-14-24)23(28)21-12-7-17-29-21/h1,3-4,7-9,12,17,20H,2,5-6,10-11,13-16,18H2. The quantitative estimate of drug-likeness (QED) is 0.779. The number of carbonyl (C=O) groups is 2. The number of para-hydroxylation sites is 1. The van der Waals surface area contributed by atoms with Crippen molar-refractivity contribution >= 4 is 17.5 Å². The number of furan rings is 1. The number of carbonyl (C=O) groups excluding carboxylic acids is 2. The van der Waals surface area contributed by atoms with Gasteiger partial charge in [-0.25, -0.2) is 0 Å². The first-order valence-electron chi connectivity index (χ1n) is 10.6. The minimum absolute atomic E-state index is 0.0749. The number of piperazine rings is 1. The number of benzene rings is 1. The van der Waals surface area contributed by atoms with E-state index in [0.29, 0.717) is 44.5 Å². The largest absolute Gasteiger partial charge is 0.459 e. The van der Waals surface area contributed by atoms with E-state index in [1.165, 1.54) is 25.5 Å².